The molecule has 2 unspecified atom stereocenters. The number of hydrogen-bond donors (Lipinski definition) is 1. The molecule has 0 radical (unpaired) electrons. The fourth-order valence-electron chi connectivity index (χ4n) is 3.18. The number of hydrogen-bond acceptors (Lipinski definition) is 3. The molecular formula is C18H26N2O. The summed E-state index contributed by atoms with van der Waals surface area (Å²) in [6.45, 7) is 5.92. The highest BCUT2D eigenvalue weighted by molar-refractivity contribution is 5.44. The number of ether oxygens (including phenoxy) is 1. The van der Waals surface area contributed by atoms with Gasteiger partial charge in [0.05, 0.1) is 13.7 Å². The van der Waals surface area contributed by atoms with E-state index in [-0.39, 0.29) is 0 Å². The summed E-state index contributed by atoms with van der Waals surface area (Å²) in [6.07, 6.45) is 3.79. The number of benzene rings is 1. The third-order valence-electron chi connectivity index (χ3n) is 4.39. The van der Waals surface area contributed by atoms with Crippen molar-refractivity contribution in [3.63, 3.8) is 0 Å². The van der Waals surface area contributed by atoms with Crippen LogP contribution in [0.1, 0.15) is 44.2 Å². The van der Waals surface area contributed by atoms with Crippen molar-refractivity contribution >= 4 is 0 Å². The summed E-state index contributed by atoms with van der Waals surface area (Å²) >= 11 is 0. The molecule has 3 nitrogen and oxygen atoms in total. The van der Waals surface area contributed by atoms with Crippen molar-refractivity contribution in [2.24, 2.45) is 5.73 Å². The molecule has 2 rings (SSSR count). The maximum absolute atomic E-state index is 5.52. The first kappa shape index (κ1) is 15.9. The minimum Gasteiger partial charge on any atom is -0.496 e. The molecule has 0 amide bonds. The fraction of sp³-hybridized carbons (Fsp3) is 0.556. The lowest BCUT2D eigenvalue weighted by atomic mass is 10.1. The van der Waals surface area contributed by atoms with Gasteiger partial charge in [0.15, 0.2) is 0 Å². The van der Waals surface area contributed by atoms with Crippen LogP contribution in [0.4, 0.5) is 0 Å². The van der Waals surface area contributed by atoms with E-state index in [0.717, 1.165) is 17.9 Å². The molecule has 0 bridgehead atoms. The Hall–Kier alpha value is -1.50. The van der Waals surface area contributed by atoms with E-state index in [2.05, 4.69) is 36.7 Å². The van der Waals surface area contributed by atoms with E-state index in [9.17, 15) is 0 Å². The highest BCUT2D eigenvalue weighted by Gasteiger charge is 2.29. The van der Waals surface area contributed by atoms with Gasteiger partial charge in [-0.05, 0) is 44.4 Å². The van der Waals surface area contributed by atoms with Gasteiger partial charge < -0.3 is 10.5 Å². The highest BCUT2D eigenvalue weighted by Crippen LogP contribution is 2.30. The number of rotatable bonds is 4. The van der Waals surface area contributed by atoms with Gasteiger partial charge in [0.2, 0.25) is 0 Å². The normalized spacial score (nSPS) is 21.9. The van der Waals surface area contributed by atoms with E-state index >= 15 is 0 Å². The van der Waals surface area contributed by atoms with Crippen molar-refractivity contribution in [2.75, 3.05) is 13.7 Å². The predicted molar refractivity (Wildman–Crippen MR) is 87.2 cm³/mol. The second-order valence-corrected chi connectivity index (χ2v) is 5.69. The van der Waals surface area contributed by atoms with Gasteiger partial charge >= 0.3 is 0 Å². The number of nitrogens with zero attached hydrogens (tertiary/aromatic N) is 1. The van der Waals surface area contributed by atoms with E-state index < -0.39 is 0 Å². The third kappa shape index (κ3) is 3.78. The molecule has 2 N–H and O–H groups in total. The first-order valence-electron chi connectivity index (χ1n) is 7.81. The first-order chi connectivity index (χ1) is 10.2. The summed E-state index contributed by atoms with van der Waals surface area (Å²) < 4.78 is 5.52. The number of methoxy groups -OCH3 is 1. The van der Waals surface area contributed by atoms with Crippen LogP contribution in [-0.4, -0.2) is 30.6 Å². The van der Waals surface area contributed by atoms with Crippen LogP contribution < -0.4 is 10.5 Å². The topological polar surface area (TPSA) is 38.5 Å². The van der Waals surface area contributed by atoms with Crippen LogP contribution in [0, 0.1) is 11.8 Å². The summed E-state index contributed by atoms with van der Waals surface area (Å²) in [5.74, 6) is 6.97. The Balaban J connectivity index is 2.24. The monoisotopic (exact) mass is 286 g/mol. The van der Waals surface area contributed by atoms with Crippen LogP contribution in [0.15, 0.2) is 18.2 Å². The molecule has 3 heteroatoms. The van der Waals surface area contributed by atoms with E-state index in [1.54, 1.807) is 7.11 Å². The molecule has 0 aromatic heterocycles. The molecule has 1 aliphatic heterocycles. The average molecular weight is 286 g/mol. The standard InChI is InChI=1S/C18H26N2O/c1-4-17-9-7-14(2)20(17)13-16-12-15(6-5-11-19)8-10-18(16)21-3/h8,10,12,14,17H,4,7,9,11,13,19H2,1-3H3. The van der Waals surface area contributed by atoms with Crippen LogP contribution in [0.3, 0.4) is 0 Å². The van der Waals surface area contributed by atoms with E-state index in [1.807, 2.05) is 12.1 Å². The minimum atomic E-state index is 0.391. The fourth-order valence-corrected chi connectivity index (χ4v) is 3.18. The molecular weight excluding hydrogens is 260 g/mol. The Kier molecular flexibility index (Phi) is 5.67. The number of likely N-dealkylation sites (tertiary alicyclic amines) is 1. The Morgan fingerprint density at radius 2 is 2.19 bits per heavy atom. The van der Waals surface area contributed by atoms with E-state index in [1.165, 1.54) is 24.8 Å². The Morgan fingerprint density at radius 1 is 1.38 bits per heavy atom. The van der Waals surface area contributed by atoms with Gasteiger partial charge in [0.25, 0.3) is 0 Å². The lowest BCUT2D eigenvalue weighted by Gasteiger charge is -2.28. The third-order valence-corrected chi connectivity index (χ3v) is 4.39. The molecule has 0 aliphatic carbocycles. The van der Waals surface area contributed by atoms with Crippen LogP contribution in [0.5, 0.6) is 5.75 Å². The summed E-state index contributed by atoms with van der Waals surface area (Å²) in [5.41, 5.74) is 7.68. The molecule has 1 aliphatic rings. The second-order valence-electron chi connectivity index (χ2n) is 5.69. The van der Waals surface area contributed by atoms with Gasteiger partial charge in [-0.15, -0.1) is 0 Å². The quantitative estimate of drug-likeness (QED) is 0.865. The Bertz CT molecular complexity index is 530. The largest absolute Gasteiger partial charge is 0.496 e. The molecule has 1 heterocycles. The molecule has 2 atom stereocenters. The number of nitrogens with two attached hydrogens (primary N) is 1. The molecule has 1 saturated heterocycles. The van der Waals surface area contributed by atoms with Gasteiger partial charge in [-0.2, -0.15) is 0 Å². The van der Waals surface area contributed by atoms with Crippen LogP contribution in [-0.2, 0) is 6.54 Å². The van der Waals surface area contributed by atoms with Gasteiger partial charge in [0, 0.05) is 29.8 Å². The molecule has 0 spiro atoms. The van der Waals surface area contributed by atoms with Crippen LogP contribution >= 0.6 is 0 Å². The summed E-state index contributed by atoms with van der Waals surface area (Å²) in [5, 5.41) is 0. The van der Waals surface area contributed by atoms with Gasteiger partial charge in [-0.1, -0.05) is 18.8 Å². The summed E-state index contributed by atoms with van der Waals surface area (Å²) in [6, 6.07) is 7.47. The Morgan fingerprint density at radius 3 is 2.86 bits per heavy atom. The van der Waals surface area contributed by atoms with Crippen molar-refractivity contribution < 1.29 is 4.74 Å². The van der Waals surface area contributed by atoms with Crippen LogP contribution in [0.25, 0.3) is 0 Å². The van der Waals surface area contributed by atoms with Gasteiger partial charge in [0.1, 0.15) is 5.75 Å². The molecule has 21 heavy (non-hydrogen) atoms. The summed E-state index contributed by atoms with van der Waals surface area (Å²) in [4.78, 5) is 2.60. The Labute approximate surface area is 128 Å². The van der Waals surface area contributed by atoms with Gasteiger partial charge in [-0.25, -0.2) is 0 Å². The highest BCUT2D eigenvalue weighted by atomic mass is 16.5. The summed E-state index contributed by atoms with van der Waals surface area (Å²) in [7, 11) is 1.73. The van der Waals surface area contributed by atoms with Crippen LogP contribution in [0.2, 0.25) is 0 Å². The van der Waals surface area contributed by atoms with E-state index in [0.29, 0.717) is 18.6 Å². The smallest absolute Gasteiger partial charge is 0.123 e. The molecule has 114 valence electrons. The zero-order valence-corrected chi connectivity index (χ0v) is 13.4. The van der Waals surface area contributed by atoms with E-state index in [4.69, 9.17) is 10.5 Å². The van der Waals surface area contributed by atoms with Crippen molar-refractivity contribution in [2.45, 2.75) is 51.7 Å². The molecule has 1 fully saturated rings. The maximum atomic E-state index is 5.52. The molecule has 0 saturated carbocycles. The maximum Gasteiger partial charge on any atom is 0.123 e. The second kappa shape index (κ2) is 7.49. The minimum absolute atomic E-state index is 0.391. The SMILES string of the molecule is CCC1CCC(C)N1Cc1cc(C#CCN)ccc1OC. The lowest BCUT2D eigenvalue weighted by molar-refractivity contribution is 0.187. The van der Waals surface area contributed by atoms with Crippen molar-refractivity contribution in [3.05, 3.63) is 29.3 Å². The predicted octanol–water partition coefficient (Wildman–Crippen LogP) is 2.77. The average Bonchev–Trinajstić information content (AvgIpc) is 2.86. The zero-order valence-electron chi connectivity index (χ0n) is 13.4. The lowest BCUT2D eigenvalue weighted by Crippen LogP contribution is -2.33. The first-order valence-corrected chi connectivity index (χ1v) is 7.81. The van der Waals surface area contributed by atoms with Crippen molar-refractivity contribution in [1.82, 2.24) is 4.90 Å². The van der Waals surface area contributed by atoms with Crippen molar-refractivity contribution in [3.8, 4) is 17.6 Å². The zero-order chi connectivity index (χ0) is 15.2. The van der Waals surface area contributed by atoms with Crippen molar-refractivity contribution in [1.29, 1.82) is 0 Å². The van der Waals surface area contributed by atoms with Gasteiger partial charge in [-0.3, -0.25) is 4.90 Å². The molecule has 1 aromatic rings. The molecule has 1 aromatic carbocycles.